The summed E-state index contributed by atoms with van der Waals surface area (Å²) in [5.74, 6) is 1.34. The van der Waals surface area contributed by atoms with Crippen LogP contribution >= 0.6 is 46.7 Å². The highest BCUT2D eigenvalue weighted by Crippen LogP contribution is 2.19. The van der Waals surface area contributed by atoms with Gasteiger partial charge >= 0.3 is 0 Å². The van der Waals surface area contributed by atoms with Gasteiger partial charge in [0.25, 0.3) is 0 Å². The lowest BCUT2D eigenvalue weighted by Gasteiger charge is -2.10. The molecular formula is C16H26IN5S2. The molecule has 0 unspecified atom stereocenters. The lowest BCUT2D eigenvalue weighted by Crippen LogP contribution is -2.38. The van der Waals surface area contributed by atoms with Gasteiger partial charge in [-0.15, -0.1) is 46.7 Å². The smallest absolute Gasteiger partial charge is 0.191 e. The molecule has 8 heteroatoms. The average Bonchev–Trinajstić information content (AvgIpc) is 3.14. The van der Waals surface area contributed by atoms with E-state index in [2.05, 4.69) is 58.7 Å². The Hall–Kier alpha value is -0.740. The number of guanidine groups is 1. The maximum atomic E-state index is 4.66. The van der Waals surface area contributed by atoms with Crippen LogP contribution in [0.2, 0.25) is 0 Å². The molecule has 0 saturated heterocycles. The fourth-order valence-corrected chi connectivity index (χ4v) is 3.56. The summed E-state index contributed by atoms with van der Waals surface area (Å²) >= 11 is 3.44. The average molecular weight is 479 g/mol. The van der Waals surface area contributed by atoms with Crippen molar-refractivity contribution in [3.05, 3.63) is 32.2 Å². The van der Waals surface area contributed by atoms with Crippen LogP contribution in [0.4, 0.5) is 0 Å². The summed E-state index contributed by atoms with van der Waals surface area (Å²) in [4.78, 5) is 14.8. The first-order chi connectivity index (χ1) is 11.1. The minimum Gasteiger partial charge on any atom is -0.357 e. The van der Waals surface area contributed by atoms with Crippen LogP contribution in [0.1, 0.15) is 47.3 Å². The van der Waals surface area contributed by atoms with E-state index in [9.17, 15) is 0 Å². The van der Waals surface area contributed by atoms with E-state index in [1.807, 2.05) is 6.20 Å². The van der Waals surface area contributed by atoms with E-state index < -0.39 is 0 Å². The predicted octanol–water partition coefficient (Wildman–Crippen LogP) is 3.95. The molecule has 2 N–H and O–H groups in total. The van der Waals surface area contributed by atoms with Crippen LogP contribution in [0.15, 0.2) is 16.6 Å². The zero-order chi connectivity index (χ0) is 16.7. The number of hydrogen-bond donors (Lipinski definition) is 2. The van der Waals surface area contributed by atoms with Crippen molar-refractivity contribution in [1.82, 2.24) is 20.6 Å². The molecule has 0 amide bonds. The number of rotatable bonds is 7. The highest BCUT2D eigenvalue weighted by molar-refractivity contribution is 14.0. The largest absolute Gasteiger partial charge is 0.357 e. The van der Waals surface area contributed by atoms with Crippen LogP contribution in [-0.4, -0.2) is 29.0 Å². The molecule has 0 saturated carbocycles. The molecule has 134 valence electrons. The Bertz CT molecular complexity index is 636. The van der Waals surface area contributed by atoms with E-state index in [1.165, 1.54) is 9.88 Å². The summed E-state index contributed by atoms with van der Waals surface area (Å²) < 4.78 is 0. The van der Waals surface area contributed by atoms with Crippen LogP contribution in [0.3, 0.4) is 0 Å². The summed E-state index contributed by atoms with van der Waals surface area (Å²) in [6, 6.07) is 0. The fourth-order valence-electron chi connectivity index (χ4n) is 1.97. The molecule has 0 atom stereocenters. The van der Waals surface area contributed by atoms with E-state index in [-0.39, 0.29) is 24.0 Å². The predicted molar refractivity (Wildman–Crippen MR) is 115 cm³/mol. The lowest BCUT2D eigenvalue weighted by molar-refractivity contribution is 0.780. The van der Waals surface area contributed by atoms with E-state index in [0.29, 0.717) is 12.5 Å². The third kappa shape index (κ3) is 7.02. The van der Waals surface area contributed by atoms with Gasteiger partial charge in [-0.1, -0.05) is 13.8 Å². The molecule has 0 aliphatic carbocycles. The molecule has 0 spiro atoms. The molecule has 0 aliphatic heterocycles. The first kappa shape index (κ1) is 21.3. The molecule has 2 heterocycles. The number of aliphatic imine (C=N–C) groups is 1. The molecular weight excluding hydrogens is 453 g/mol. The number of hydrogen-bond acceptors (Lipinski definition) is 5. The van der Waals surface area contributed by atoms with Crippen LogP contribution < -0.4 is 10.6 Å². The molecule has 0 aliphatic rings. The van der Waals surface area contributed by atoms with Crippen molar-refractivity contribution in [3.8, 4) is 0 Å². The minimum atomic E-state index is 0. The highest BCUT2D eigenvalue weighted by atomic mass is 127. The van der Waals surface area contributed by atoms with Gasteiger partial charge in [-0.2, -0.15) is 0 Å². The molecule has 2 rings (SSSR count). The van der Waals surface area contributed by atoms with E-state index in [0.717, 1.165) is 36.2 Å². The maximum absolute atomic E-state index is 4.66. The first-order valence-corrected chi connectivity index (χ1v) is 9.66. The van der Waals surface area contributed by atoms with Gasteiger partial charge in [0, 0.05) is 41.9 Å². The quantitative estimate of drug-likeness (QED) is 0.359. The van der Waals surface area contributed by atoms with Gasteiger partial charge in [0.1, 0.15) is 5.01 Å². The molecule has 2 aromatic rings. The summed E-state index contributed by atoms with van der Waals surface area (Å²) in [7, 11) is 0. The third-order valence-corrected chi connectivity index (χ3v) is 5.21. The van der Waals surface area contributed by atoms with Gasteiger partial charge in [-0.3, -0.25) is 0 Å². The Morgan fingerprint density at radius 1 is 1.33 bits per heavy atom. The van der Waals surface area contributed by atoms with Crippen LogP contribution in [-0.2, 0) is 13.0 Å². The van der Waals surface area contributed by atoms with Gasteiger partial charge in [0.05, 0.1) is 17.2 Å². The second-order valence-electron chi connectivity index (χ2n) is 5.57. The zero-order valence-electron chi connectivity index (χ0n) is 14.6. The number of nitrogens with one attached hydrogen (secondary N) is 2. The SMILES string of the molecule is CCNC(=NCc1ncc(C)s1)NCCc1csc(C(C)C)n1.I. The number of aromatic nitrogens is 2. The number of nitrogens with zero attached hydrogens (tertiary/aromatic N) is 3. The number of thiazole rings is 2. The van der Waals surface area contributed by atoms with Crippen molar-refractivity contribution in [1.29, 1.82) is 0 Å². The zero-order valence-corrected chi connectivity index (χ0v) is 18.6. The summed E-state index contributed by atoms with van der Waals surface area (Å²) in [6.45, 7) is 10.8. The Labute approximate surface area is 169 Å². The van der Waals surface area contributed by atoms with E-state index in [4.69, 9.17) is 0 Å². The third-order valence-electron chi connectivity index (χ3n) is 3.12. The normalized spacial score (nSPS) is 11.5. The van der Waals surface area contributed by atoms with Crippen molar-refractivity contribution in [2.75, 3.05) is 13.1 Å². The monoisotopic (exact) mass is 479 g/mol. The molecule has 0 radical (unpaired) electrons. The number of halogens is 1. The minimum absolute atomic E-state index is 0. The molecule has 0 bridgehead atoms. The Morgan fingerprint density at radius 2 is 2.12 bits per heavy atom. The molecule has 5 nitrogen and oxygen atoms in total. The summed E-state index contributed by atoms with van der Waals surface area (Å²) in [5.41, 5.74) is 1.15. The standard InChI is InChI=1S/C16H25N5S2.HI/c1-5-17-16(20-9-14-19-8-12(4)23-14)18-7-6-13-10-22-15(21-13)11(2)3;/h8,10-11H,5-7,9H2,1-4H3,(H2,17,18,20);1H. The second-order valence-corrected chi connectivity index (χ2v) is 7.78. The van der Waals surface area contributed by atoms with Gasteiger partial charge in [-0.05, 0) is 13.8 Å². The summed E-state index contributed by atoms with van der Waals surface area (Å²) in [6.07, 6.45) is 2.80. The van der Waals surface area contributed by atoms with Crippen LogP contribution in [0.5, 0.6) is 0 Å². The first-order valence-electron chi connectivity index (χ1n) is 7.96. The van der Waals surface area contributed by atoms with Crippen molar-refractivity contribution in [3.63, 3.8) is 0 Å². The lowest BCUT2D eigenvalue weighted by atomic mass is 10.2. The van der Waals surface area contributed by atoms with Gasteiger partial charge in [0.2, 0.25) is 0 Å². The highest BCUT2D eigenvalue weighted by Gasteiger charge is 2.06. The fraction of sp³-hybridized carbons (Fsp3) is 0.562. The Balaban J connectivity index is 0.00000288. The molecule has 0 fully saturated rings. The Kier molecular flexibility index (Phi) is 9.75. The molecule has 0 aromatic carbocycles. The summed E-state index contributed by atoms with van der Waals surface area (Å²) in [5, 5.41) is 11.0. The van der Waals surface area contributed by atoms with Crippen molar-refractivity contribution < 1.29 is 0 Å². The Morgan fingerprint density at radius 3 is 2.71 bits per heavy atom. The molecule has 2 aromatic heterocycles. The van der Waals surface area contributed by atoms with Crippen LogP contribution in [0.25, 0.3) is 0 Å². The maximum Gasteiger partial charge on any atom is 0.191 e. The van der Waals surface area contributed by atoms with Crippen LogP contribution in [0, 0.1) is 6.92 Å². The number of aryl methyl sites for hydroxylation is 1. The van der Waals surface area contributed by atoms with Gasteiger partial charge < -0.3 is 10.6 Å². The van der Waals surface area contributed by atoms with E-state index >= 15 is 0 Å². The van der Waals surface area contributed by atoms with Crippen molar-refractivity contribution in [2.24, 2.45) is 4.99 Å². The van der Waals surface area contributed by atoms with Gasteiger partial charge in [-0.25, -0.2) is 15.0 Å². The van der Waals surface area contributed by atoms with Crippen molar-refractivity contribution >= 4 is 52.6 Å². The topological polar surface area (TPSA) is 62.2 Å². The van der Waals surface area contributed by atoms with Gasteiger partial charge in [0.15, 0.2) is 5.96 Å². The van der Waals surface area contributed by atoms with Crippen molar-refractivity contribution in [2.45, 2.75) is 46.6 Å². The molecule has 24 heavy (non-hydrogen) atoms. The second kappa shape index (κ2) is 11.0. The van der Waals surface area contributed by atoms with E-state index in [1.54, 1.807) is 22.7 Å².